The highest BCUT2D eigenvalue weighted by molar-refractivity contribution is 5.83. The number of amides is 1. The highest BCUT2D eigenvalue weighted by Crippen LogP contribution is 2.18. The Labute approximate surface area is 125 Å². The molecule has 1 aromatic carbocycles. The zero-order chi connectivity index (χ0) is 16.2. The predicted octanol–water partition coefficient (Wildman–Crippen LogP) is 2.39. The molecule has 0 fully saturated rings. The van der Waals surface area contributed by atoms with E-state index in [1.807, 2.05) is 26.0 Å². The zero-order valence-electron chi connectivity index (χ0n) is 13.3. The number of carboxylic acids is 1. The van der Waals surface area contributed by atoms with Gasteiger partial charge in [-0.3, -0.25) is 9.59 Å². The molecule has 1 N–H and O–H groups in total. The molecule has 0 aliphatic carbocycles. The zero-order valence-corrected chi connectivity index (χ0v) is 13.3. The Hall–Kier alpha value is -2.04. The fourth-order valence-corrected chi connectivity index (χ4v) is 1.86. The van der Waals surface area contributed by atoms with Crippen molar-refractivity contribution in [3.05, 3.63) is 29.3 Å². The topological polar surface area (TPSA) is 66.8 Å². The van der Waals surface area contributed by atoms with Crippen LogP contribution < -0.4 is 4.74 Å². The maximum Gasteiger partial charge on any atom is 0.323 e. The van der Waals surface area contributed by atoms with Gasteiger partial charge in [0.25, 0.3) is 5.91 Å². The molecule has 0 atom stereocenters. The van der Waals surface area contributed by atoms with Crippen LogP contribution >= 0.6 is 0 Å². The Bertz CT molecular complexity index is 532. The molecule has 1 rings (SSSR count). The van der Waals surface area contributed by atoms with Gasteiger partial charge in [0.05, 0.1) is 0 Å². The predicted molar refractivity (Wildman–Crippen MR) is 80.5 cm³/mol. The molecule has 1 amide bonds. The number of hydrogen-bond acceptors (Lipinski definition) is 3. The van der Waals surface area contributed by atoms with E-state index in [2.05, 4.69) is 0 Å². The van der Waals surface area contributed by atoms with Crippen LogP contribution in [-0.2, 0) is 9.59 Å². The quantitative estimate of drug-likeness (QED) is 0.905. The van der Waals surface area contributed by atoms with Gasteiger partial charge < -0.3 is 14.7 Å². The Balaban J connectivity index is 2.73. The number of benzene rings is 1. The van der Waals surface area contributed by atoms with Crippen LogP contribution in [0.2, 0.25) is 0 Å². The van der Waals surface area contributed by atoms with Crippen LogP contribution in [0.15, 0.2) is 18.2 Å². The number of aryl methyl sites for hydroxylation is 2. The van der Waals surface area contributed by atoms with Crippen LogP contribution in [0, 0.1) is 13.8 Å². The fraction of sp³-hybridized carbons (Fsp3) is 0.500. The molecule has 5 heteroatoms. The monoisotopic (exact) mass is 293 g/mol. The molecule has 0 aliphatic heterocycles. The Morgan fingerprint density at radius 1 is 1.19 bits per heavy atom. The van der Waals surface area contributed by atoms with Crippen molar-refractivity contribution in [1.29, 1.82) is 0 Å². The summed E-state index contributed by atoms with van der Waals surface area (Å²) in [6.07, 6.45) is 0. The first kappa shape index (κ1) is 17.0. The van der Waals surface area contributed by atoms with Crippen molar-refractivity contribution < 1.29 is 19.4 Å². The smallest absolute Gasteiger partial charge is 0.323 e. The lowest BCUT2D eigenvalue weighted by molar-refractivity contribution is -0.149. The lowest BCUT2D eigenvalue weighted by Crippen LogP contribution is -2.50. The molecular formula is C16H23NO4. The minimum absolute atomic E-state index is 0.174. The minimum atomic E-state index is -1.04. The van der Waals surface area contributed by atoms with E-state index in [4.69, 9.17) is 9.84 Å². The maximum atomic E-state index is 12.2. The molecule has 21 heavy (non-hydrogen) atoms. The number of carbonyl (C=O) groups excluding carboxylic acids is 1. The van der Waals surface area contributed by atoms with Gasteiger partial charge in [0.2, 0.25) is 0 Å². The molecule has 0 bridgehead atoms. The molecule has 1 aromatic rings. The largest absolute Gasteiger partial charge is 0.484 e. The summed E-state index contributed by atoms with van der Waals surface area (Å²) >= 11 is 0. The summed E-state index contributed by atoms with van der Waals surface area (Å²) in [6.45, 7) is 8.84. The van der Waals surface area contributed by atoms with Gasteiger partial charge in [-0.05, 0) is 57.9 Å². The second-order valence-corrected chi connectivity index (χ2v) is 6.08. The Morgan fingerprint density at radius 2 is 1.81 bits per heavy atom. The molecule has 0 aliphatic rings. The first-order valence-electron chi connectivity index (χ1n) is 6.83. The molecule has 0 unspecified atom stereocenters. The molecule has 5 nitrogen and oxygen atoms in total. The summed E-state index contributed by atoms with van der Waals surface area (Å²) in [5.41, 5.74) is 1.66. The van der Waals surface area contributed by atoms with E-state index >= 15 is 0 Å². The first-order valence-corrected chi connectivity index (χ1v) is 6.83. The van der Waals surface area contributed by atoms with Crippen molar-refractivity contribution in [3.63, 3.8) is 0 Å². The molecule has 0 saturated heterocycles. The number of ether oxygens (including phenoxy) is 1. The third kappa shape index (κ3) is 5.10. The number of nitrogens with zero attached hydrogens (tertiary/aromatic N) is 1. The number of aliphatic carboxylic acids is 1. The molecule has 116 valence electrons. The van der Waals surface area contributed by atoms with Gasteiger partial charge in [-0.1, -0.05) is 6.07 Å². The second-order valence-electron chi connectivity index (χ2n) is 6.08. The van der Waals surface area contributed by atoms with Gasteiger partial charge in [-0.25, -0.2) is 0 Å². The van der Waals surface area contributed by atoms with Gasteiger partial charge in [-0.15, -0.1) is 0 Å². The average molecular weight is 293 g/mol. The number of carboxylic acid groups (broad SMARTS) is 1. The SMILES string of the molecule is Cc1ccc(OCC(=O)N(CC(=O)O)C(C)(C)C)cc1C. The van der Waals surface area contributed by atoms with Crippen LogP contribution in [0.25, 0.3) is 0 Å². The number of rotatable bonds is 5. The van der Waals surface area contributed by atoms with E-state index in [1.54, 1.807) is 26.8 Å². The van der Waals surface area contributed by atoms with Crippen LogP contribution in [0.4, 0.5) is 0 Å². The summed E-state index contributed by atoms with van der Waals surface area (Å²) in [5, 5.41) is 8.91. The third-order valence-electron chi connectivity index (χ3n) is 3.24. The highest BCUT2D eigenvalue weighted by Gasteiger charge is 2.28. The van der Waals surface area contributed by atoms with E-state index in [-0.39, 0.29) is 19.1 Å². The summed E-state index contributed by atoms with van der Waals surface area (Å²) < 4.78 is 5.48. The van der Waals surface area contributed by atoms with Crippen LogP contribution in [0.1, 0.15) is 31.9 Å². The maximum absolute atomic E-state index is 12.2. The van der Waals surface area contributed by atoms with E-state index in [0.717, 1.165) is 11.1 Å². The second kappa shape index (κ2) is 6.61. The van der Waals surface area contributed by atoms with Crippen molar-refractivity contribution in [1.82, 2.24) is 4.90 Å². The molecule has 0 heterocycles. The van der Waals surface area contributed by atoms with Crippen LogP contribution in [-0.4, -0.2) is 40.6 Å². The van der Waals surface area contributed by atoms with Gasteiger partial charge in [0.15, 0.2) is 6.61 Å². The normalized spacial score (nSPS) is 11.1. The molecule has 0 saturated carbocycles. The van der Waals surface area contributed by atoms with Crippen molar-refractivity contribution in [2.45, 2.75) is 40.2 Å². The van der Waals surface area contributed by atoms with Crippen LogP contribution in [0.3, 0.4) is 0 Å². The Kier molecular flexibility index (Phi) is 5.35. The van der Waals surface area contributed by atoms with Crippen LogP contribution in [0.5, 0.6) is 5.75 Å². The Morgan fingerprint density at radius 3 is 2.29 bits per heavy atom. The molecule has 0 radical (unpaired) electrons. The lowest BCUT2D eigenvalue weighted by atomic mass is 10.1. The van der Waals surface area contributed by atoms with Gasteiger partial charge in [0.1, 0.15) is 12.3 Å². The van der Waals surface area contributed by atoms with E-state index < -0.39 is 11.5 Å². The van der Waals surface area contributed by atoms with Gasteiger partial charge in [0, 0.05) is 5.54 Å². The van der Waals surface area contributed by atoms with Crippen molar-refractivity contribution >= 4 is 11.9 Å². The van der Waals surface area contributed by atoms with Crippen molar-refractivity contribution in [2.24, 2.45) is 0 Å². The van der Waals surface area contributed by atoms with Gasteiger partial charge in [-0.2, -0.15) is 0 Å². The summed E-state index contributed by atoms with van der Waals surface area (Å²) in [6, 6.07) is 5.59. The standard InChI is InChI=1S/C16H23NO4/c1-11-6-7-13(8-12(11)2)21-10-14(18)17(9-15(19)20)16(3,4)5/h6-8H,9-10H2,1-5H3,(H,19,20). The minimum Gasteiger partial charge on any atom is -0.484 e. The van der Waals surface area contributed by atoms with Gasteiger partial charge >= 0.3 is 5.97 Å². The average Bonchev–Trinajstić information content (AvgIpc) is 2.35. The highest BCUT2D eigenvalue weighted by atomic mass is 16.5. The van der Waals surface area contributed by atoms with E-state index in [9.17, 15) is 9.59 Å². The summed E-state index contributed by atoms with van der Waals surface area (Å²) in [5.74, 6) is -0.775. The summed E-state index contributed by atoms with van der Waals surface area (Å²) in [4.78, 5) is 24.4. The van der Waals surface area contributed by atoms with Crippen molar-refractivity contribution in [3.8, 4) is 5.75 Å². The summed E-state index contributed by atoms with van der Waals surface area (Å²) in [7, 11) is 0. The first-order chi connectivity index (χ1) is 9.61. The molecule has 0 spiro atoms. The van der Waals surface area contributed by atoms with E-state index in [0.29, 0.717) is 5.75 Å². The third-order valence-corrected chi connectivity index (χ3v) is 3.24. The lowest BCUT2D eigenvalue weighted by Gasteiger charge is -2.34. The van der Waals surface area contributed by atoms with Crippen molar-refractivity contribution in [2.75, 3.05) is 13.2 Å². The number of carbonyl (C=O) groups is 2. The number of hydrogen-bond donors (Lipinski definition) is 1. The molecular weight excluding hydrogens is 270 g/mol. The fourth-order valence-electron chi connectivity index (χ4n) is 1.86. The molecule has 0 aromatic heterocycles. The van der Waals surface area contributed by atoms with E-state index in [1.165, 1.54) is 4.90 Å².